The van der Waals surface area contributed by atoms with Crippen molar-refractivity contribution in [2.75, 3.05) is 39.3 Å². The maximum Gasteiger partial charge on any atom is 0.318 e. The third-order valence-corrected chi connectivity index (χ3v) is 8.60. The Labute approximate surface area is 234 Å². The number of rotatable bonds is 6. The maximum absolute atomic E-state index is 13.5. The van der Waals surface area contributed by atoms with E-state index in [4.69, 9.17) is 0 Å². The summed E-state index contributed by atoms with van der Waals surface area (Å²) in [6.07, 6.45) is 2.04. The highest BCUT2D eigenvalue weighted by molar-refractivity contribution is 5.75. The molecule has 3 aromatic carbocycles. The highest BCUT2D eigenvalue weighted by Crippen LogP contribution is 2.37. The first-order chi connectivity index (χ1) is 18.9. The fourth-order valence-corrected chi connectivity index (χ4v) is 6.39. The predicted molar refractivity (Wildman–Crippen MR) is 160 cm³/mol. The fraction of sp³-hybridized carbons (Fsp3) is 0.441. The lowest BCUT2D eigenvalue weighted by Crippen LogP contribution is -2.55. The van der Waals surface area contributed by atoms with Crippen LogP contribution in [0.4, 0.5) is 4.79 Å². The number of likely N-dealkylation sites (tertiary alicyclic amines) is 1. The van der Waals surface area contributed by atoms with Crippen molar-refractivity contribution in [2.24, 2.45) is 5.92 Å². The molecule has 5 nitrogen and oxygen atoms in total. The summed E-state index contributed by atoms with van der Waals surface area (Å²) in [4.78, 5) is 20.9. The molecular formula is C34H44N4O. The molecule has 2 amide bonds. The molecule has 2 fully saturated rings. The van der Waals surface area contributed by atoms with Crippen molar-refractivity contribution in [1.82, 2.24) is 20.0 Å². The van der Waals surface area contributed by atoms with E-state index in [0.717, 1.165) is 63.2 Å². The average molecular weight is 525 g/mol. The summed E-state index contributed by atoms with van der Waals surface area (Å²) in [5.74, 6) is 0.539. The Bertz CT molecular complexity index is 1120. The summed E-state index contributed by atoms with van der Waals surface area (Å²) < 4.78 is 0. The molecule has 0 bridgehead atoms. The van der Waals surface area contributed by atoms with Gasteiger partial charge in [-0.3, -0.25) is 9.80 Å². The molecule has 0 radical (unpaired) electrons. The molecule has 1 N–H and O–H groups in total. The van der Waals surface area contributed by atoms with Crippen molar-refractivity contribution < 1.29 is 4.79 Å². The molecule has 5 heteroatoms. The van der Waals surface area contributed by atoms with Crippen LogP contribution in [0.1, 0.15) is 62.4 Å². The summed E-state index contributed by atoms with van der Waals surface area (Å²) in [7, 11) is 0. The van der Waals surface area contributed by atoms with E-state index in [1.165, 1.54) is 5.56 Å². The van der Waals surface area contributed by atoms with Crippen LogP contribution in [0, 0.1) is 5.92 Å². The monoisotopic (exact) mass is 524 g/mol. The second-order valence-electron chi connectivity index (χ2n) is 12.1. The van der Waals surface area contributed by atoms with Gasteiger partial charge in [-0.15, -0.1) is 0 Å². The molecular weight excluding hydrogens is 480 g/mol. The van der Waals surface area contributed by atoms with Gasteiger partial charge in [0, 0.05) is 50.8 Å². The van der Waals surface area contributed by atoms with E-state index in [1.54, 1.807) is 0 Å². The third-order valence-electron chi connectivity index (χ3n) is 8.60. The summed E-state index contributed by atoms with van der Waals surface area (Å²) in [5.41, 5.74) is 3.83. The molecule has 0 saturated carbocycles. The number of nitrogens with zero attached hydrogens (tertiary/aromatic N) is 3. The summed E-state index contributed by atoms with van der Waals surface area (Å²) in [5, 5.41) is 3.35. The van der Waals surface area contributed by atoms with Crippen LogP contribution in [-0.4, -0.2) is 65.5 Å². The van der Waals surface area contributed by atoms with Gasteiger partial charge < -0.3 is 10.2 Å². The molecule has 1 unspecified atom stereocenters. The van der Waals surface area contributed by atoms with Crippen LogP contribution < -0.4 is 5.32 Å². The Morgan fingerprint density at radius 2 is 1.15 bits per heavy atom. The van der Waals surface area contributed by atoms with E-state index < -0.39 is 0 Å². The number of piperidine rings is 1. The molecule has 0 spiro atoms. The Morgan fingerprint density at radius 1 is 0.692 bits per heavy atom. The van der Waals surface area contributed by atoms with Crippen molar-refractivity contribution in [1.29, 1.82) is 0 Å². The molecule has 0 aliphatic carbocycles. The average Bonchev–Trinajstić information content (AvgIpc) is 2.97. The number of carbonyl (C=O) groups excluding carboxylic acids is 1. The third kappa shape index (κ3) is 6.71. The van der Waals surface area contributed by atoms with Crippen molar-refractivity contribution in [3.05, 3.63) is 108 Å². The van der Waals surface area contributed by atoms with Gasteiger partial charge in [-0.2, -0.15) is 0 Å². The zero-order valence-electron chi connectivity index (χ0n) is 23.8. The van der Waals surface area contributed by atoms with Gasteiger partial charge in [-0.05, 0) is 56.2 Å². The predicted octanol–water partition coefficient (Wildman–Crippen LogP) is 6.36. The number of hydrogen-bond donors (Lipinski definition) is 1. The van der Waals surface area contributed by atoms with Crippen LogP contribution in [0.5, 0.6) is 0 Å². The van der Waals surface area contributed by atoms with Crippen LogP contribution in [0.3, 0.4) is 0 Å². The van der Waals surface area contributed by atoms with Gasteiger partial charge in [0.15, 0.2) is 0 Å². The van der Waals surface area contributed by atoms with Crippen molar-refractivity contribution in [2.45, 2.75) is 51.2 Å². The SMILES string of the molecule is CC(C)(C)N1CCN(C(c2ccccc2)C2CCN(C(=O)NC(c3ccccc3)c3ccccc3)CC2)CC1. The zero-order valence-corrected chi connectivity index (χ0v) is 23.8. The molecule has 206 valence electrons. The highest BCUT2D eigenvalue weighted by atomic mass is 16.2. The maximum atomic E-state index is 13.5. The lowest BCUT2D eigenvalue weighted by Gasteiger charge is -2.47. The number of nitrogens with one attached hydrogen (secondary N) is 1. The fourth-order valence-electron chi connectivity index (χ4n) is 6.39. The number of amides is 2. The Balaban J connectivity index is 1.26. The molecule has 2 heterocycles. The van der Waals surface area contributed by atoms with Crippen molar-refractivity contribution in [3.63, 3.8) is 0 Å². The van der Waals surface area contributed by atoms with E-state index in [2.05, 4.69) is 90.5 Å². The number of hydrogen-bond acceptors (Lipinski definition) is 3. The van der Waals surface area contributed by atoms with Crippen molar-refractivity contribution in [3.8, 4) is 0 Å². The number of piperazine rings is 1. The second kappa shape index (κ2) is 12.4. The quantitative estimate of drug-likeness (QED) is 0.408. The van der Waals surface area contributed by atoms with Gasteiger partial charge in [0.05, 0.1) is 6.04 Å². The minimum atomic E-state index is -0.159. The molecule has 2 saturated heterocycles. The molecule has 2 aliphatic heterocycles. The van der Waals surface area contributed by atoms with E-state index in [9.17, 15) is 4.79 Å². The Kier molecular flexibility index (Phi) is 8.69. The van der Waals surface area contributed by atoms with Gasteiger partial charge >= 0.3 is 6.03 Å². The standard InChI is InChI=1S/C34H44N4O/c1-34(2,3)38-25-23-36(24-26-38)32(29-17-11-6-12-18-29)30-19-21-37(22-20-30)33(39)35-31(27-13-7-4-8-14-27)28-15-9-5-10-16-28/h4-18,30-32H,19-26H2,1-3H3,(H,35,39). The number of urea groups is 1. The lowest BCUT2D eigenvalue weighted by molar-refractivity contribution is 0.0168. The molecule has 1 atom stereocenters. The minimum absolute atomic E-state index is 0.0289. The smallest absolute Gasteiger partial charge is 0.318 e. The van der Waals surface area contributed by atoms with E-state index in [-0.39, 0.29) is 17.6 Å². The summed E-state index contributed by atoms with van der Waals surface area (Å²) in [6, 6.07) is 31.9. The van der Waals surface area contributed by atoms with Crippen LogP contribution in [-0.2, 0) is 0 Å². The van der Waals surface area contributed by atoms with Gasteiger partial charge in [0.1, 0.15) is 0 Å². The number of benzene rings is 3. The highest BCUT2D eigenvalue weighted by Gasteiger charge is 2.36. The zero-order chi connectivity index (χ0) is 27.2. The molecule has 5 rings (SSSR count). The first-order valence-corrected chi connectivity index (χ1v) is 14.6. The minimum Gasteiger partial charge on any atom is -0.327 e. The van der Waals surface area contributed by atoms with Crippen LogP contribution >= 0.6 is 0 Å². The molecule has 2 aliphatic rings. The van der Waals surface area contributed by atoms with Crippen LogP contribution in [0.15, 0.2) is 91.0 Å². The lowest BCUT2D eigenvalue weighted by atomic mass is 9.84. The first kappa shape index (κ1) is 27.4. The van der Waals surface area contributed by atoms with Gasteiger partial charge in [-0.1, -0.05) is 91.0 Å². The van der Waals surface area contributed by atoms with Crippen LogP contribution in [0.25, 0.3) is 0 Å². The van der Waals surface area contributed by atoms with E-state index >= 15 is 0 Å². The Hall–Kier alpha value is -3.15. The normalized spacial score (nSPS) is 18.7. The van der Waals surface area contributed by atoms with Gasteiger partial charge in [0.2, 0.25) is 0 Å². The number of carbonyl (C=O) groups is 1. The Morgan fingerprint density at radius 3 is 1.62 bits per heavy atom. The molecule has 3 aromatic rings. The topological polar surface area (TPSA) is 38.8 Å². The largest absolute Gasteiger partial charge is 0.327 e. The summed E-state index contributed by atoms with van der Waals surface area (Å²) >= 11 is 0. The first-order valence-electron chi connectivity index (χ1n) is 14.6. The van der Waals surface area contributed by atoms with Gasteiger partial charge in [-0.25, -0.2) is 4.79 Å². The summed E-state index contributed by atoms with van der Waals surface area (Å²) in [6.45, 7) is 12.9. The second-order valence-corrected chi connectivity index (χ2v) is 12.1. The van der Waals surface area contributed by atoms with E-state index in [0.29, 0.717) is 12.0 Å². The van der Waals surface area contributed by atoms with Gasteiger partial charge in [0.25, 0.3) is 0 Å². The van der Waals surface area contributed by atoms with Crippen LogP contribution in [0.2, 0.25) is 0 Å². The van der Waals surface area contributed by atoms with E-state index in [1.807, 2.05) is 41.3 Å². The molecule has 0 aromatic heterocycles. The molecule has 39 heavy (non-hydrogen) atoms. The van der Waals surface area contributed by atoms with Crippen molar-refractivity contribution >= 4 is 6.03 Å².